The van der Waals surface area contributed by atoms with Crippen LogP contribution in [0, 0.1) is 0 Å². The highest BCUT2D eigenvalue weighted by Crippen LogP contribution is 2.12. The number of imidazole rings is 1. The molecule has 1 heterocycles. The SMILES string of the molecule is COc1ccc(C(=O)Cn2ccn(C(C)C)c2=O)cc1. The number of ether oxygens (including phenoxy) is 1. The molecule has 20 heavy (non-hydrogen) atoms. The lowest BCUT2D eigenvalue weighted by molar-refractivity contribution is 0.0970. The number of rotatable bonds is 5. The molecule has 0 spiro atoms. The molecule has 0 radical (unpaired) electrons. The van der Waals surface area contributed by atoms with Gasteiger partial charge < -0.3 is 4.74 Å². The summed E-state index contributed by atoms with van der Waals surface area (Å²) < 4.78 is 8.07. The van der Waals surface area contributed by atoms with Gasteiger partial charge in [-0.25, -0.2) is 4.79 Å². The second-order valence-electron chi connectivity index (χ2n) is 4.86. The minimum absolute atomic E-state index is 0.0465. The van der Waals surface area contributed by atoms with Gasteiger partial charge in [-0.1, -0.05) is 0 Å². The summed E-state index contributed by atoms with van der Waals surface area (Å²) in [7, 11) is 1.57. The summed E-state index contributed by atoms with van der Waals surface area (Å²) in [5.74, 6) is 0.598. The molecule has 0 fully saturated rings. The van der Waals surface area contributed by atoms with Crippen molar-refractivity contribution < 1.29 is 9.53 Å². The van der Waals surface area contributed by atoms with Crippen LogP contribution in [0.5, 0.6) is 5.75 Å². The molecule has 0 aliphatic rings. The number of hydrogen-bond donors (Lipinski definition) is 0. The number of benzene rings is 1. The van der Waals surface area contributed by atoms with Gasteiger partial charge in [0.1, 0.15) is 5.75 Å². The lowest BCUT2D eigenvalue weighted by Crippen LogP contribution is -2.27. The van der Waals surface area contributed by atoms with E-state index in [0.717, 1.165) is 0 Å². The molecule has 0 amide bonds. The van der Waals surface area contributed by atoms with Crippen molar-refractivity contribution in [2.75, 3.05) is 7.11 Å². The van der Waals surface area contributed by atoms with E-state index in [2.05, 4.69) is 0 Å². The van der Waals surface area contributed by atoms with Gasteiger partial charge in [0.05, 0.1) is 13.7 Å². The van der Waals surface area contributed by atoms with Crippen LogP contribution >= 0.6 is 0 Å². The standard InChI is InChI=1S/C15H18N2O3/c1-11(2)17-9-8-16(15(17)19)10-14(18)12-4-6-13(20-3)7-5-12/h4-9,11H,10H2,1-3H3. The lowest BCUT2D eigenvalue weighted by atomic mass is 10.1. The van der Waals surface area contributed by atoms with Crippen molar-refractivity contribution >= 4 is 5.78 Å². The number of carbonyl (C=O) groups excluding carboxylic acids is 1. The highest BCUT2D eigenvalue weighted by molar-refractivity contribution is 5.95. The maximum Gasteiger partial charge on any atom is 0.328 e. The Bertz CT molecular complexity index is 651. The van der Waals surface area contributed by atoms with Crippen LogP contribution in [0.2, 0.25) is 0 Å². The third-order valence-corrected chi connectivity index (χ3v) is 3.16. The Kier molecular flexibility index (Phi) is 4.08. The average molecular weight is 274 g/mol. The zero-order valence-corrected chi connectivity index (χ0v) is 11.9. The van der Waals surface area contributed by atoms with E-state index in [1.807, 2.05) is 13.8 Å². The van der Waals surface area contributed by atoms with Gasteiger partial charge in [0, 0.05) is 24.0 Å². The number of Topliss-reactive ketones (excluding diaryl/α,β-unsaturated/α-hetero) is 1. The van der Waals surface area contributed by atoms with Crippen LogP contribution in [-0.2, 0) is 6.54 Å². The fourth-order valence-electron chi connectivity index (χ4n) is 1.96. The maximum atomic E-state index is 12.1. The van der Waals surface area contributed by atoms with E-state index in [0.29, 0.717) is 11.3 Å². The summed E-state index contributed by atoms with van der Waals surface area (Å²) in [4.78, 5) is 24.2. The molecular weight excluding hydrogens is 256 g/mol. The van der Waals surface area contributed by atoms with E-state index < -0.39 is 0 Å². The molecule has 0 aliphatic heterocycles. The van der Waals surface area contributed by atoms with Gasteiger partial charge >= 0.3 is 5.69 Å². The number of methoxy groups -OCH3 is 1. The number of ketones is 1. The Hall–Kier alpha value is -2.30. The second kappa shape index (κ2) is 5.77. The minimum Gasteiger partial charge on any atom is -0.497 e. The van der Waals surface area contributed by atoms with E-state index in [1.165, 1.54) is 4.57 Å². The Balaban J connectivity index is 2.17. The Morgan fingerprint density at radius 3 is 2.35 bits per heavy atom. The van der Waals surface area contributed by atoms with Crippen LogP contribution in [0.4, 0.5) is 0 Å². The second-order valence-corrected chi connectivity index (χ2v) is 4.86. The number of nitrogens with zero attached hydrogens (tertiary/aromatic N) is 2. The summed E-state index contributed by atoms with van der Waals surface area (Å²) in [5, 5.41) is 0. The van der Waals surface area contributed by atoms with Crippen molar-refractivity contribution in [1.82, 2.24) is 9.13 Å². The van der Waals surface area contributed by atoms with Gasteiger partial charge in [0.2, 0.25) is 0 Å². The largest absolute Gasteiger partial charge is 0.497 e. The highest BCUT2D eigenvalue weighted by atomic mass is 16.5. The molecule has 0 saturated heterocycles. The molecule has 0 bridgehead atoms. The van der Waals surface area contributed by atoms with Gasteiger partial charge in [-0.05, 0) is 38.1 Å². The molecule has 2 aromatic rings. The van der Waals surface area contributed by atoms with E-state index in [-0.39, 0.29) is 24.1 Å². The van der Waals surface area contributed by atoms with E-state index in [9.17, 15) is 9.59 Å². The molecule has 0 N–H and O–H groups in total. The molecular formula is C15H18N2O3. The smallest absolute Gasteiger partial charge is 0.328 e. The van der Waals surface area contributed by atoms with Gasteiger partial charge in [0.25, 0.3) is 0 Å². The monoisotopic (exact) mass is 274 g/mol. The fourth-order valence-corrected chi connectivity index (χ4v) is 1.96. The first-order valence-corrected chi connectivity index (χ1v) is 6.47. The third-order valence-electron chi connectivity index (χ3n) is 3.16. The van der Waals surface area contributed by atoms with Gasteiger partial charge in [-0.3, -0.25) is 13.9 Å². The number of aromatic nitrogens is 2. The minimum atomic E-state index is -0.165. The topological polar surface area (TPSA) is 53.2 Å². The first-order valence-electron chi connectivity index (χ1n) is 6.47. The Labute approximate surface area is 117 Å². The predicted molar refractivity (Wildman–Crippen MR) is 76.4 cm³/mol. The summed E-state index contributed by atoms with van der Waals surface area (Å²) in [5.41, 5.74) is 0.400. The van der Waals surface area contributed by atoms with Crippen molar-refractivity contribution in [1.29, 1.82) is 0 Å². The Morgan fingerprint density at radius 1 is 1.20 bits per heavy atom. The fraction of sp³-hybridized carbons (Fsp3) is 0.333. The maximum absolute atomic E-state index is 12.1. The summed E-state index contributed by atoms with van der Waals surface area (Å²) in [6.45, 7) is 3.90. The van der Waals surface area contributed by atoms with Gasteiger partial charge in [0.15, 0.2) is 5.78 Å². The first kappa shape index (κ1) is 14.1. The molecule has 0 unspecified atom stereocenters. The average Bonchev–Trinajstić information content (AvgIpc) is 2.80. The molecule has 2 rings (SSSR count). The molecule has 0 atom stereocenters. The quantitative estimate of drug-likeness (QED) is 0.785. The summed E-state index contributed by atoms with van der Waals surface area (Å²) >= 11 is 0. The summed E-state index contributed by atoms with van der Waals surface area (Å²) in [6.07, 6.45) is 3.35. The van der Waals surface area contributed by atoms with Crippen molar-refractivity contribution in [3.8, 4) is 5.75 Å². The lowest BCUT2D eigenvalue weighted by Gasteiger charge is -2.05. The van der Waals surface area contributed by atoms with Crippen molar-refractivity contribution in [2.24, 2.45) is 0 Å². The van der Waals surface area contributed by atoms with Gasteiger partial charge in [-0.15, -0.1) is 0 Å². The van der Waals surface area contributed by atoms with E-state index in [1.54, 1.807) is 48.3 Å². The first-order chi connectivity index (χ1) is 9.52. The molecule has 0 aliphatic carbocycles. The number of carbonyl (C=O) groups is 1. The third kappa shape index (κ3) is 2.82. The molecule has 5 heteroatoms. The summed E-state index contributed by atoms with van der Waals surface area (Å²) in [6, 6.07) is 6.95. The van der Waals surface area contributed by atoms with Crippen molar-refractivity contribution in [3.63, 3.8) is 0 Å². The number of hydrogen-bond acceptors (Lipinski definition) is 3. The van der Waals surface area contributed by atoms with Crippen LogP contribution in [0.1, 0.15) is 30.2 Å². The van der Waals surface area contributed by atoms with Crippen molar-refractivity contribution in [3.05, 3.63) is 52.7 Å². The highest BCUT2D eigenvalue weighted by Gasteiger charge is 2.11. The van der Waals surface area contributed by atoms with Crippen molar-refractivity contribution in [2.45, 2.75) is 26.4 Å². The van der Waals surface area contributed by atoms with Crippen LogP contribution in [0.3, 0.4) is 0 Å². The van der Waals surface area contributed by atoms with Crippen LogP contribution in [0.15, 0.2) is 41.5 Å². The van der Waals surface area contributed by atoms with Crippen LogP contribution < -0.4 is 10.4 Å². The van der Waals surface area contributed by atoms with E-state index >= 15 is 0 Å². The van der Waals surface area contributed by atoms with Gasteiger partial charge in [-0.2, -0.15) is 0 Å². The predicted octanol–water partition coefficient (Wildman–Crippen LogP) is 2.12. The van der Waals surface area contributed by atoms with Crippen LogP contribution in [-0.4, -0.2) is 22.0 Å². The van der Waals surface area contributed by atoms with Crippen LogP contribution in [0.25, 0.3) is 0 Å². The molecule has 1 aromatic carbocycles. The molecule has 5 nitrogen and oxygen atoms in total. The zero-order valence-electron chi connectivity index (χ0n) is 11.9. The Morgan fingerprint density at radius 2 is 1.85 bits per heavy atom. The molecule has 1 aromatic heterocycles. The molecule has 0 saturated carbocycles. The zero-order chi connectivity index (χ0) is 14.7. The normalized spacial score (nSPS) is 10.8. The molecule has 106 valence electrons. The van der Waals surface area contributed by atoms with E-state index in [4.69, 9.17) is 4.74 Å².